The Balaban J connectivity index is 1.61. The summed E-state index contributed by atoms with van der Waals surface area (Å²) in [6.45, 7) is 1.80. The number of halogens is 5. The Morgan fingerprint density at radius 1 is 0.931 bits per heavy atom. The Morgan fingerprint density at radius 2 is 1.48 bits per heavy atom. The van der Waals surface area contributed by atoms with Gasteiger partial charge in [0.2, 0.25) is 11.7 Å². The molecule has 1 aliphatic heterocycles. The van der Waals surface area contributed by atoms with E-state index in [1.807, 2.05) is 24.3 Å². The lowest BCUT2D eigenvalue weighted by atomic mass is 10.2. The molecule has 29 heavy (non-hydrogen) atoms. The van der Waals surface area contributed by atoms with Gasteiger partial charge in [0.25, 0.3) is 0 Å². The molecule has 0 aromatic heterocycles. The van der Waals surface area contributed by atoms with Crippen LogP contribution in [0, 0.1) is 29.1 Å². The van der Waals surface area contributed by atoms with Crippen molar-refractivity contribution in [3.05, 3.63) is 53.4 Å². The highest BCUT2D eigenvalue weighted by Gasteiger charge is 2.28. The number of ether oxygens (including phenoxy) is 1. The van der Waals surface area contributed by atoms with Crippen molar-refractivity contribution in [3.63, 3.8) is 0 Å². The SMILES string of the molecule is COc1ccccc1N1CCN(CC(=O)Nc2c(F)c(F)c(F)c(F)c2F)CC1. The van der Waals surface area contributed by atoms with E-state index in [-0.39, 0.29) is 6.54 Å². The first-order valence-electron chi connectivity index (χ1n) is 8.75. The molecule has 1 heterocycles. The van der Waals surface area contributed by atoms with Crippen molar-refractivity contribution in [2.24, 2.45) is 0 Å². The molecular weight excluding hydrogens is 397 g/mol. The lowest BCUT2D eigenvalue weighted by Gasteiger charge is -2.36. The third-order valence-corrected chi connectivity index (χ3v) is 4.64. The number of carbonyl (C=O) groups is 1. The van der Waals surface area contributed by atoms with Crippen LogP contribution in [0.25, 0.3) is 0 Å². The van der Waals surface area contributed by atoms with E-state index in [1.165, 1.54) is 0 Å². The van der Waals surface area contributed by atoms with Crippen LogP contribution in [0.4, 0.5) is 33.3 Å². The van der Waals surface area contributed by atoms with E-state index in [9.17, 15) is 26.7 Å². The number of methoxy groups -OCH3 is 1. The molecular formula is C19H18F5N3O2. The maximum Gasteiger partial charge on any atom is 0.238 e. The van der Waals surface area contributed by atoms with Gasteiger partial charge in [-0.2, -0.15) is 0 Å². The zero-order chi connectivity index (χ0) is 21.1. The fourth-order valence-electron chi connectivity index (χ4n) is 3.13. The van der Waals surface area contributed by atoms with Gasteiger partial charge in [-0.15, -0.1) is 0 Å². The predicted octanol–water partition coefficient (Wildman–Crippen LogP) is 3.15. The first-order valence-corrected chi connectivity index (χ1v) is 8.75. The second kappa shape index (κ2) is 8.64. The van der Waals surface area contributed by atoms with Crippen molar-refractivity contribution in [1.29, 1.82) is 0 Å². The molecule has 0 unspecified atom stereocenters. The van der Waals surface area contributed by atoms with Gasteiger partial charge in [0.05, 0.1) is 19.3 Å². The van der Waals surface area contributed by atoms with E-state index in [0.717, 1.165) is 5.69 Å². The number of hydrogen-bond donors (Lipinski definition) is 1. The van der Waals surface area contributed by atoms with E-state index in [1.54, 1.807) is 17.3 Å². The van der Waals surface area contributed by atoms with E-state index >= 15 is 0 Å². The number of hydrogen-bond acceptors (Lipinski definition) is 4. The largest absolute Gasteiger partial charge is 0.495 e. The van der Waals surface area contributed by atoms with Gasteiger partial charge < -0.3 is 15.0 Å². The van der Waals surface area contributed by atoms with Crippen molar-refractivity contribution < 1.29 is 31.5 Å². The van der Waals surface area contributed by atoms with Crippen LogP contribution in [0.5, 0.6) is 5.75 Å². The monoisotopic (exact) mass is 415 g/mol. The van der Waals surface area contributed by atoms with Crippen molar-refractivity contribution in [1.82, 2.24) is 4.90 Å². The topological polar surface area (TPSA) is 44.8 Å². The van der Waals surface area contributed by atoms with Crippen molar-refractivity contribution in [2.75, 3.05) is 50.1 Å². The fourth-order valence-corrected chi connectivity index (χ4v) is 3.13. The number of amides is 1. The second-order valence-electron chi connectivity index (χ2n) is 6.43. The normalized spacial score (nSPS) is 14.8. The molecule has 2 aromatic carbocycles. The quantitative estimate of drug-likeness (QED) is 0.463. The van der Waals surface area contributed by atoms with E-state index in [0.29, 0.717) is 31.9 Å². The van der Waals surface area contributed by atoms with Gasteiger partial charge in [-0.05, 0) is 12.1 Å². The molecule has 0 spiro atoms. The summed E-state index contributed by atoms with van der Waals surface area (Å²) in [6, 6.07) is 7.47. The van der Waals surface area contributed by atoms with Gasteiger partial charge in [0, 0.05) is 26.2 Å². The molecule has 0 atom stereocenters. The molecule has 5 nitrogen and oxygen atoms in total. The molecule has 0 bridgehead atoms. The average Bonchev–Trinajstić information content (AvgIpc) is 2.74. The number of para-hydroxylation sites is 2. The summed E-state index contributed by atoms with van der Waals surface area (Å²) in [7, 11) is 1.57. The molecule has 156 valence electrons. The number of nitrogens with zero attached hydrogens (tertiary/aromatic N) is 2. The number of piperazine rings is 1. The highest BCUT2D eigenvalue weighted by molar-refractivity contribution is 5.92. The molecule has 1 fully saturated rings. The smallest absolute Gasteiger partial charge is 0.238 e. The Morgan fingerprint density at radius 3 is 2.07 bits per heavy atom. The van der Waals surface area contributed by atoms with Gasteiger partial charge in [0.15, 0.2) is 23.3 Å². The fraction of sp³-hybridized carbons (Fsp3) is 0.316. The van der Waals surface area contributed by atoms with Gasteiger partial charge >= 0.3 is 0 Å². The summed E-state index contributed by atoms with van der Waals surface area (Å²) in [5.41, 5.74) is -0.445. The summed E-state index contributed by atoms with van der Waals surface area (Å²) in [4.78, 5) is 15.9. The van der Waals surface area contributed by atoms with Crippen LogP contribution < -0.4 is 15.0 Å². The first-order chi connectivity index (χ1) is 13.8. The molecule has 1 saturated heterocycles. The molecule has 3 rings (SSSR count). The van der Waals surface area contributed by atoms with Crippen LogP contribution in [-0.4, -0.2) is 50.6 Å². The highest BCUT2D eigenvalue weighted by atomic mass is 19.2. The Labute approximate surface area is 163 Å². The van der Waals surface area contributed by atoms with Gasteiger partial charge in [-0.25, -0.2) is 22.0 Å². The number of anilines is 2. The molecule has 1 N–H and O–H groups in total. The maximum absolute atomic E-state index is 13.7. The third-order valence-electron chi connectivity index (χ3n) is 4.64. The Kier molecular flexibility index (Phi) is 6.21. The van der Waals surface area contributed by atoms with E-state index < -0.39 is 40.7 Å². The van der Waals surface area contributed by atoms with Gasteiger partial charge in [-0.3, -0.25) is 9.69 Å². The minimum atomic E-state index is -2.27. The summed E-state index contributed by atoms with van der Waals surface area (Å²) >= 11 is 0. The number of benzene rings is 2. The lowest BCUT2D eigenvalue weighted by molar-refractivity contribution is -0.117. The molecule has 1 amide bonds. The third kappa shape index (κ3) is 4.26. The van der Waals surface area contributed by atoms with Gasteiger partial charge in [-0.1, -0.05) is 12.1 Å². The lowest BCUT2D eigenvalue weighted by Crippen LogP contribution is -2.48. The summed E-state index contributed by atoms with van der Waals surface area (Å²) < 4.78 is 72.3. The van der Waals surface area contributed by atoms with Crippen molar-refractivity contribution >= 4 is 17.3 Å². The molecule has 1 aliphatic rings. The molecule has 0 saturated carbocycles. The van der Waals surface area contributed by atoms with Crippen LogP contribution in [0.3, 0.4) is 0 Å². The van der Waals surface area contributed by atoms with Crippen LogP contribution in [0.2, 0.25) is 0 Å². The Hall–Kier alpha value is -2.88. The zero-order valence-electron chi connectivity index (χ0n) is 15.4. The zero-order valence-corrected chi connectivity index (χ0v) is 15.4. The average molecular weight is 415 g/mol. The minimum Gasteiger partial charge on any atom is -0.495 e. The molecule has 10 heteroatoms. The van der Waals surface area contributed by atoms with E-state index in [4.69, 9.17) is 4.74 Å². The van der Waals surface area contributed by atoms with E-state index in [2.05, 4.69) is 4.90 Å². The molecule has 0 aliphatic carbocycles. The minimum absolute atomic E-state index is 0.251. The standard InChI is InChI=1S/C19H18F5N3O2/c1-29-12-5-3-2-4-11(12)27-8-6-26(7-9-27)10-13(28)25-19-17(23)15(21)14(20)16(22)18(19)24/h2-5H,6-10H2,1H3,(H,25,28). The van der Waals surface area contributed by atoms with Crippen LogP contribution in [0.1, 0.15) is 0 Å². The second-order valence-corrected chi connectivity index (χ2v) is 6.43. The molecule has 2 aromatic rings. The summed E-state index contributed by atoms with van der Waals surface area (Å²) in [5, 5.41) is 1.78. The van der Waals surface area contributed by atoms with Crippen LogP contribution in [0.15, 0.2) is 24.3 Å². The Bertz CT molecular complexity index is 888. The summed E-state index contributed by atoms with van der Waals surface area (Å²) in [5.74, 6) is -10.8. The van der Waals surface area contributed by atoms with Crippen molar-refractivity contribution in [3.8, 4) is 5.75 Å². The van der Waals surface area contributed by atoms with Crippen molar-refractivity contribution in [2.45, 2.75) is 0 Å². The molecule has 0 radical (unpaired) electrons. The predicted molar refractivity (Wildman–Crippen MR) is 96.5 cm³/mol. The number of nitrogens with one attached hydrogen (secondary N) is 1. The highest BCUT2D eigenvalue weighted by Crippen LogP contribution is 2.29. The number of rotatable bonds is 5. The number of carbonyl (C=O) groups excluding carboxylic acids is 1. The van der Waals surface area contributed by atoms with Crippen LogP contribution in [-0.2, 0) is 4.79 Å². The van der Waals surface area contributed by atoms with Crippen LogP contribution >= 0.6 is 0 Å². The summed E-state index contributed by atoms with van der Waals surface area (Å²) in [6.07, 6.45) is 0. The first kappa shape index (κ1) is 20.8. The maximum atomic E-state index is 13.7. The van der Waals surface area contributed by atoms with Gasteiger partial charge in [0.1, 0.15) is 11.4 Å².